The smallest absolute Gasteiger partial charge is 0.0623 e. The summed E-state index contributed by atoms with van der Waals surface area (Å²) in [5, 5.41) is 5.94. The predicted molar refractivity (Wildman–Crippen MR) is 134 cm³/mol. The molecule has 4 aromatic carbocycles. The Bertz CT molecular complexity index is 1040. The zero-order valence-corrected chi connectivity index (χ0v) is 19.8. The van der Waals surface area contributed by atoms with E-state index < -0.39 is 8.07 Å². The van der Waals surface area contributed by atoms with Crippen molar-refractivity contribution in [3.63, 3.8) is 0 Å². The second-order valence-electron chi connectivity index (χ2n) is 6.86. The molecule has 0 N–H and O–H groups in total. The SMILES string of the molecule is Ic1ccc2c(c1)-c1cc(I)ccc1[Si]2(c1ccccc1)c1ccccc1. The van der Waals surface area contributed by atoms with Crippen LogP contribution in [0.4, 0.5) is 0 Å². The number of hydrogen-bond donors (Lipinski definition) is 0. The summed E-state index contributed by atoms with van der Waals surface area (Å²) in [5.41, 5.74) is 2.82. The summed E-state index contributed by atoms with van der Waals surface area (Å²) >= 11 is 4.87. The zero-order chi connectivity index (χ0) is 18.4. The van der Waals surface area contributed by atoms with Gasteiger partial charge in [0.15, 0.2) is 8.07 Å². The molecule has 1 aliphatic rings. The van der Waals surface area contributed by atoms with Gasteiger partial charge in [0.25, 0.3) is 0 Å². The van der Waals surface area contributed by atoms with Gasteiger partial charge in [0.1, 0.15) is 0 Å². The van der Waals surface area contributed by atoms with E-state index in [1.54, 1.807) is 0 Å². The quantitative estimate of drug-likeness (QED) is 0.215. The molecular formula is C24H16I2Si. The molecule has 0 aliphatic carbocycles. The molecule has 0 atom stereocenters. The van der Waals surface area contributed by atoms with Crippen molar-refractivity contribution in [1.82, 2.24) is 0 Å². The molecule has 0 bridgehead atoms. The normalized spacial score (nSPS) is 13.9. The Kier molecular flexibility index (Phi) is 4.48. The lowest BCUT2D eigenvalue weighted by molar-refractivity contribution is 1.64. The van der Waals surface area contributed by atoms with Crippen molar-refractivity contribution >= 4 is 74.0 Å². The van der Waals surface area contributed by atoms with Gasteiger partial charge in [-0.15, -0.1) is 0 Å². The van der Waals surface area contributed by atoms with E-state index >= 15 is 0 Å². The van der Waals surface area contributed by atoms with Gasteiger partial charge in [-0.3, -0.25) is 0 Å². The van der Waals surface area contributed by atoms with Gasteiger partial charge >= 0.3 is 0 Å². The highest BCUT2D eigenvalue weighted by Crippen LogP contribution is 2.30. The molecule has 130 valence electrons. The van der Waals surface area contributed by atoms with E-state index in [0.717, 1.165) is 0 Å². The van der Waals surface area contributed by atoms with Crippen LogP contribution in [0.2, 0.25) is 0 Å². The van der Waals surface area contributed by atoms with Crippen LogP contribution < -0.4 is 20.7 Å². The van der Waals surface area contributed by atoms with Gasteiger partial charge in [-0.2, -0.15) is 0 Å². The lowest BCUT2D eigenvalue weighted by Crippen LogP contribution is -2.72. The van der Waals surface area contributed by atoms with E-state index in [0.29, 0.717) is 0 Å². The Morgan fingerprint density at radius 3 is 1.30 bits per heavy atom. The van der Waals surface area contributed by atoms with Crippen LogP contribution in [-0.2, 0) is 0 Å². The van der Waals surface area contributed by atoms with Crippen molar-refractivity contribution in [2.75, 3.05) is 0 Å². The molecule has 0 nitrogen and oxygen atoms in total. The first-order chi connectivity index (χ1) is 13.2. The Balaban J connectivity index is 1.98. The van der Waals surface area contributed by atoms with Crippen LogP contribution in [0.5, 0.6) is 0 Å². The van der Waals surface area contributed by atoms with Crippen LogP contribution in [0, 0.1) is 7.14 Å². The molecule has 5 rings (SSSR count). The third kappa shape index (κ3) is 2.66. The summed E-state index contributed by atoms with van der Waals surface area (Å²) in [7, 11) is -2.28. The molecule has 0 saturated heterocycles. The predicted octanol–water partition coefficient (Wildman–Crippen LogP) is 4.25. The van der Waals surface area contributed by atoms with Gasteiger partial charge < -0.3 is 0 Å². The summed E-state index contributed by atoms with van der Waals surface area (Å²) in [5.74, 6) is 0. The van der Waals surface area contributed by atoms with Crippen LogP contribution in [0.1, 0.15) is 0 Å². The monoisotopic (exact) mass is 586 g/mol. The van der Waals surface area contributed by atoms with Crippen LogP contribution in [0.3, 0.4) is 0 Å². The minimum atomic E-state index is -2.28. The van der Waals surface area contributed by atoms with Gasteiger partial charge in [0.2, 0.25) is 0 Å². The molecule has 0 radical (unpaired) electrons. The van der Waals surface area contributed by atoms with Crippen molar-refractivity contribution < 1.29 is 0 Å². The first-order valence-electron chi connectivity index (χ1n) is 8.93. The lowest BCUT2D eigenvalue weighted by Gasteiger charge is -2.31. The van der Waals surface area contributed by atoms with Crippen molar-refractivity contribution in [3.05, 3.63) is 104 Å². The standard InChI is InChI=1S/C24H16I2Si/c25-17-11-13-23-21(15-17)22-16-18(26)12-14-24(22)27(23,19-7-3-1-4-8-19)20-9-5-2-6-10-20/h1-16H. The lowest BCUT2D eigenvalue weighted by atomic mass is 10.1. The largest absolute Gasteiger partial charge is 0.180 e. The third-order valence-corrected chi connectivity index (χ3v) is 11.7. The summed E-state index contributed by atoms with van der Waals surface area (Å²) in [4.78, 5) is 0. The molecule has 1 heterocycles. The molecule has 4 aromatic rings. The van der Waals surface area contributed by atoms with Crippen molar-refractivity contribution in [2.24, 2.45) is 0 Å². The first-order valence-corrected chi connectivity index (χ1v) is 13.1. The zero-order valence-electron chi connectivity index (χ0n) is 14.5. The van der Waals surface area contributed by atoms with E-state index in [1.165, 1.54) is 39.0 Å². The van der Waals surface area contributed by atoms with Gasteiger partial charge in [-0.1, -0.05) is 72.8 Å². The molecule has 27 heavy (non-hydrogen) atoms. The van der Waals surface area contributed by atoms with E-state index in [-0.39, 0.29) is 0 Å². The fourth-order valence-corrected chi connectivity index (χ4v) is 10.6. The minimum absolute atomic E-state index is 1.29. The molecule has 0 fully saturated rings. The van der Waals surface area contributed by atoms with Gasteiger partial charge in [0, 0.05) is 7.14 Å². The molecule has 0 unspecified atom stereocenters. The molecule has 0 saturated carbocycles. The fourth-order valence-electron chi connectivity index (χ4n) is 4.44. The number of hydrogen-bond acceptors (Lipinski definition) is 0. The maximum absolute atomic E-state index is 2.44. The average Bonchev–Trinajstić information content (AvgIpc) is 2.99. The number of rotatable bonds is 2. The molecule has 0 aromatic heterocycles. The van der Waals surface area contributed by atoms with Crippen molar-refractivity contribution in [2.45, 2.75) is 0 Å². The van der Waals surface area contributed by atoms with Gasteiger partial charge in [-0.05, 0) is 101 Å². The highest BCUT2D eigenvalue weighted by atomic mass is 127. The van der Waals surface area contributed by atoms with Crippen molar-refractivity contribution in [1.29, 1.82) is 0 Å². The topological polar surface area (TPSA) is 0 Å². The Morgan fingerprint density at radius 2 is 0.889 bits per heavy atom. The molecule has 3 heteroatoms. The van der Waals surface area contributed by atoms with Crippen LogP contribution in [0.15, 0.2) is 97.1 Å². The maximum Gasteiger partial charge on any atom is 0.180 e. The van der Waals surface area contributed by atoms with Gasteiger partial charge in [0.05, 0.1) is 0 Å². The van der Waals surface area contributed by atoms with Crippen LogP contribution in [-0.4, -0.2) is 8.07 Å². The van der Waals surface area contributed by atoms with E-state index in [2.05, 4.69) is 142 Å². The van der Waals surface area contributed by atoms with E-state index in [4.69, 9.17) is 0 Å². The molecule has 0 spiro atoms. The number of fused-ring (bicyclic) bond motifs is 3. The Labute approximate surface area is 188 Å². The highest BCUT2D eigenvalue weighted by Gasteiger charge is 2.48. The van der Waals surface area contributed by atoms with Crippen molar-refractivity contribution in [3.8, 4) is 11.1 Å². The fraction of sp³-hybridized carbons (Fsp3) is 0. The number of benzene rings is 4. The molecule has 0 amide bonds. The first kappa shape index (κ1) is 17.6. The van der Waals surface area contributed by atoms with Crippen LogP contribution >= 0.6 is 45.2 Å². The molecular weight excluding hydrogens is 570 g/mol. The Hall–Kier alpha value is -1.44. The third-order valence-electron chi connectivity index (χ3n) is 5.48. The second-order valence-corrected chi connectivity index (χ2v) is 13.1. The van der Waals surface area contributed by atoms with E-state index in [9.17, 15) is 0 Å². The summed E-state index contributed by atoms with van der Waals surface area (Å²) in [6.45, 7) is 0. The maximum atomic E-state index is 2.44. The van der Waals surface area contributed by atoms with Crippen LogP contribution in [0.25, 0.3) is 11.1 Å². The molecule has 1 aliphatic heterocycles. The minimum Gasteiger partial charge on any atom is -0.0623 e. The Morgan fingerprint density at radius 1 is 0.481 bits per heavy atom. The van der Waals surface area contributed by atoms with E-state index in [1.807, 2.05) is 0 Å². The van der Waals surface area contributed by atoms with Gasteiger partial charge in [-0.25, -0.2) is 0 Å². The summed E-state index contributed by atoms with van der Waals surface area (Å²) in [6.07, 6.45) is 0. The summed E-state index contributed by atoms with van der Waals surface area (Å²) < 4.78 is 2.59. The second kappa shape index (κ2) is 6.86. The highest BCUT2D eigenvalue weighted by molar-refractivity contribution is 14.1. The average molecular weight is 586 g/mol. The summed E-state index contributed by atoms with van der Waals surface area (Å²) in [6, 6.07) is 36.3. The number of halogens is 2.